The van der Waals surface area contributed by atoms with Gasteiger partial charge in [0.25, 0.3) is 0 Å². The third-order valence-electron chi connectivity index (χ3n) is 2.80. The molecule has 20 heavy (non-hydrogen) atoms. The van der Waals surface area contributed by atoms with Crippen LogP contribution in [0.2, 0.25) is 0 Å². The van der Waals surface area contributed by atoms with E-state index >= 15 is 0 Å². The third-order valence-corrected chi connectivity index (χ3v) is 2.80. The zero-order valence-corrected chi connectivity index (χ0v) is 11.6. The molecular weight excluding hydrogens is 256 g/mol. The van der Waals surface area contributed by atoms with Crippen molar-refractivity contribution in [2.24, 2.45) is 0 Å². The summed E-state index contributed by atoms with van der Waals surface area (Å²) in [7, 11) is 0. The number of amides is 1. The number of nitrogens with two attached hydrogens (primary N) is 1. The smallest absolute Gasteiger partial charge is 0.227 e. The summed E-state index contributed by atoms with van der Waals surface area (Å²) in [6, 6.07) is 7.13. The second-order valence-electron chi connectivity index (χ2n) is 4.84. The molecule has 2 aromatic rings. The molecule has 6 nitrogen and oxygen atoms in total. The molecule has 1 aromatic heterocycles. The van der Waals surface area contributed by atoms with Gasteiger partial charge in [-0.3, -0.25) is 4.79 Å². The van der Waals surface area contributed by atoms with Crippen molar-refractivity contribution in [2.45, 2.75) is 32.6 Å². The van der Waals surface area contributed by atoms with Gasteiger partial charge in [0, 0.05) is 18.8 Å². The molecule has 0 spiro atoms. The van der Waals surface area contributed by atoms with E-state index in [1.54, 1.807) is 12.1 Å². The van der Waals surface area contributed by atoms with Gasteiger partial charge < -0.3 is 15.6 Å². The second kappa shape index (κ2) is 6.18. The van der Waals surface area contributed by atoms with Crippen molar-refractivity contribution in [1.82, 2.24) is 10.1 Å². The van der Waals surface area contributed by atoms with Crippen molar-refractivity contribution < 1.29 is 9.32 Å². The summed E-state index contributed by atoms with van der Waals surface area (Å²) in [5.41, 5.74) is 6.92. The minimum atomic E-state index is -0.132. The zero-order valence-electron chi connectivity index (χ0n) is 11.6. The summed E-state index contributed by atoms with van der Waals surface area (Å²) in [5, 5.41) is 6.61. The molecule has 1 aromatic carbocycles. The summed E-state index contributed by atoms with van der Waals surface area (Å²) in [6.45, 7) is 3.97. The molecule has 0 fully saturated rings. The average Bonchev–Trinajstić information content (AvgIpc) is 2.88. The van der Waals surface area contributed by atoms with Crippen molar-refractivity contribution in [3.05, 3.63) is 36.0 Å². The highest BCUT2D eigenvalue weighted by Gasteiger charge is 2.11. The van der Waals surface area contributed by atoms with Crippen LogP contribution in [-0.4, -0.2) is 16.0 Å². The molecule has 0 aliphatic rings. The second-order valence-corrected chi connectivity index (χ2v) is 4.84. The van der Waals surface area contributed by atoms with Crippen LogP contribution in [0.25, 0.3) is 0 Å². The first kappa shape index (κ1) is 14.0. The Morgan fingerprint density at radius 2 is 2.15 bits per heavy atom. The minimum absolute atomic E-state index is 0.132. The van der Waals surface area contributed by atoms with Gasteiger partial charge in [-0.25, -0.2) is 0 Å². The standard InChI is InChI=1S/C14H18N4O2/c1-9(2)14-17-13(20-18-14)8-7-12(19)16-11-6-4-3-5-10(11)15/h3-6,9H,7-8,15H2,1-2H3,(H,16,19). The molecule has 0 bridgehead atoms. The lowest BCUT2D eigenvalue weighted by Gasteiger charge is -2.06. The van der Waals surface area contributed by atoms with Crippen molar-refractivity contribution in [1.29, 1.82) is 0 Å². The predicted molar refractivity (Wildman–Crippen MR) is 76.2 cm³/mol. The molecule has 0 saturated carbocycles. The maximum absolute atomic E-state index is 11.8. The Morgan fingerprint density at radius 3 is 2.80 bits per heavy atom. The lowest BCUT2D eigenvalue weighted by atomic mass is 10.2. The van der Waals surface area contributed by atoms with Crippen LogP contribution in [-0.2, 0) is 11.2 Å². The van der Waals surface area contributed by atoms with Crippen molar-refractivity contribution >= 4 is 17.3 Å². The van der Waals surface area contributed by atoms with E-state index in [9.17, 15) is 4.79 Å². The van der Waals surface area contributed by atoms with Gasteiger partial charge in [0.2, 0.25) is 11.8 Å². The van der Waals surface area contributed by atoms with Gasteiger partial charge in [-0.1, -0.05) is 31.1 Å². The van der Waals surface area contributed by atoms with Gasteiger partial charge in [0.15, 0.2) is 5.82 Å². The maximum atomic E-state index is 11.8. The third kappa shape index (κ3) is 3.57. The Kier molecular flexibility index (Phi) is 4.34. The first-order valence-corrected chi connectivity index (χ1v) is 6.53. The zero-order chi connectivity index (χ0) is 14.5. The Bertz CT molecular complexity index is 592. The lowest BCUT2D eigenvalue weighted by molar-refractivity contribution is -0.116. The fraction of sp³-hybridized carbons (Fsp3) is 0.357. The van der Waals surface area contributed by atoms with Crippen LogP contribution in [0, 0.1) is 0 Å². The Balaban J connectivity index is 1.87. The Hall–Kier alpha value is -2.37. The number of benzene rings is 1. The van der Waals surface area contributed by atoms with Crippen molar-refractivity contribution in [3.63, 3.8) is 0 Å². The highest BCUT2D eigenvalue weighted by Crippen LogP contribution is 2.17. The SMILES string of the molecule is CC(C)c1noc(CCC(=O)Nc2ccccc2N)n1. The van der Waals surface area contributed by atoms with Gasteiger partial charge in [0.05, 0.1) is 11.4 Å². The number of aromatic nitrogens is 2. The number of carbonyl (C=O) groups is 1. The topological polar surface area (TPSA) is 94.0 Å². The Morgan fingerprint density at radius 1 is 1.40 bits per heavy atom. The number of nitrogens with one attached hydrogen (secondary N) is 1. The molecule has 6 heteroatoms. The van der Waals surface area contributed by atoms with Crippen LogP contribution in [0.5, 0.6) is 0 Å². The van der Waals surface area contributed by atoms with Gasteiger partial charge in [-0.2, -0.15) is 4.98 Å². The van der Waals surface area contributed by atoms with E-state index in [1.807, 2.05) is 26.0 Å². The van der Waals surface area contributed by atoms with Gasteiger partial charge in [0.1, 0.15) is 0 Å². The molecule has 106 valence electrons. The molecule has 2 rings (SSSR count). The van der Waals surface area contributed by atoms with Crippen molar-refractivity contribution in [2.75, 3.05) is 11.1 Å². The maximum Gasteiger partial charge on any atom is 0.227 e. The van der Waals surface area contributed by atoms with Crippen LogP contribution < -0.4 is 11.1 Å². The van der Waals surface area contributed by atoms with E-state index in [0.29, 0.717) is 29.5 Å². The van der Waals surface area contributed by atoms with E-state index in [2.05, 4.69) is 15.5 Å². The summed E-state index contributed by atoms with van der Waals surface area (Å²) in [5.74, 6) is 1.22. The highest BCUT2D eigenvalue weighted by atomic mass is 16.5. The number of para-hydroxylation sites is 2. The molecule has 0 atom stereocenters. The first-order chi connectivity index (χ1) is 9.56. The number of carbonyl (C=O) groups excluding carboxylic acids is 1. The number of rotatable bonds is 5. The van der Waals surface area contributed by atoms with Crippen molar-refractivity contribution in [3.8, 4) is 0 Å². The lowest BCUT2D eigenvalue weighted by Crippen LogP contribution is -2.13. The molecule has 0 radical (unpaired) electrons. The first-order valence-electron chi connectivity index (χ1n) is 6.53. The molecular formula is C14H18N4O2. The normalized spacial score (nSPS) is 10.8. The molecule has 0 aliphatic carbocycles. The minimum Gasteiger partial charge on any atom is -0.397 e. The van der Waals surface area contributed by atoms with Crippen LogP contribution in [0.1, 0.15) is 37.9 Å². The predicted octanol–water partition coefficient (Wildman–Crippen LogP) is 2.35. The summed E-state index contributed by atoms with van der Waals surface area (Å²) < 4.78 is 5.08. The molecule has 0 aliphatic heterocycles. The number of nitrogens with zero attached hydrogens (tertiary/aromatic N) is 2. The van der Waals surface area contributed by atoms with E-state index < -0.39 is 0 Å². The van der Waals surface area contributed by atoms with E-state index in [-0.39, 0.29) is 18.2 Å². The number of aryl methyl sites for hydroxylation is 1. The fourth-order valence-electron chi connectivity index (χ4n) is 1.65. The van der Waals surface area contributed by atoms with E-state index in [0.717, 1.165) is 0 Å². The number of hydrogen-bond acceptors (Lipinski definition) is 5. The fourth-order valence-corrected chi connectivity index (χ4v) is 1.65. The summed E-state index contributed by atoms with van der Waals surface area (Å²) >= 11 is 0. The van der Waals surface area contributed by atoms with Gasteiger partial charge >= 0.3 is 0 Å². The Labute approximate surface area is 117 Å². The summed E-state index contributed by atoms with van der Waals surface area (Å²) in [4.78, 5) is 16.0. The average molecular weight is 274 g/mol. The van der Waals surface area contributed by atoms with Crippen LogP contribution in [0.3, 0.4) is 0 Å². The molecule has 3 N–H and O–H groups in total. The van der Waals surface area contributed by atoms with E-state index in [4.69, 9.17) is 10.3 Å². The highest BCUT2D eigenvalue weighted by molar-refractivity contribution is 5.93. The van der Waals surface area contributed by atoms with Gasteiger partial charge in [-0.15, -0.1) is 0 Å². The van der Waals surface area contributed by atoms with Gasteiger partial charge in [-0.05, 0) is 12.1 Å². The van der Waals surface area contributed by atoms with Crippen LogP contribution in [0.15, 0.2) is 28.8 Å². The number of nitrogen functional groups attached to an aromatic ring is 1. The quantitative estimate of drug-likeness (QED) is 0.816. The van der Waals surface area contributed by atoms with Crippen LogP contribution >= 0.6 is 0 Å². The monoisotopic (exact) mass is 274 g/mol. The largest absolute Gasteiger partial charge is 0.397 e. The number of anilines is 2. The molecule has 0 unspecified atom stereocenters. The molecule has 1 heterocycles. The molecule has 0 saturated heterocycles. The van der Waals surface area contributed by atoms with Crippen LogP contribution in [0.4, 0.5) is 11.4 Å². The molecule has 1 amide bonds. The number of hydrogen-bond donors (Lipinski definition) is 2. The van der Waals surface area contributed by atoms with E-state index in [1.165, 1.54) is 0 Å². The summed E-state index contributed by atoms with van der Waals surface area (Å²) in [6.07, 6.45) is 0.687.